The van der Waals surface area contributed by atoms with Gasteiger partial charge in [0.05, 0.1) is 11.3 Å². The number of aromatic nitrogens is 1. The minimum absolute atomic E-state index is 0.00283. The van der Waals surface area contributed by atoms with E-state index < -0.39 is 10.0 Å². The summed E-state index contributed by atoms with van der Waals surface area (Å²) in [7, 11) is -3.19. The number of nitrogens with one attached hydrogen (secondary N) is 1. The highest BCUT2D eigenvalue weighted by Gasteiger charge is 2.24. The third-order valence-electron chi connectivity index (χ3n) is 3.95. The van der Waals surface area contributed by atoms with Crippen molar-refractivity contribution in [2.75, 3.05) is 25.4 Å². The molecule has 128 valence electrons. The van der Waals surface area contributed by atoms with Gasteiger partial charge < -0.3 is 4.90 Å². The zero-order chi connectivity index (χ0) is 16.9. The molecular formula is C16H25N3O3S. The Morgan fingerprint density at radius 3 is 2.65 bits per heavy atom. The van der Waals surface area contributed by atoms with Crippen LogP contribution in [0.15, 0.2) is 24.5 Å². The summed E-state index contributed by atoms with van der Waals surface area (Å²) >= 11 is 0. The van der Waals surface area contributed by atoms with E-state index in [-0.39, 0.29) is 23.5 Å². The van der Waals surface area contributed by atoms with E-state index in [0.29, 0.717) is 25.2 Å². The molecule has 1 aliphatic heterocycles. The smallest absolute Gasteiger partial charge is 0.255 e. The third kappa shape index (κ3) is 5.58. The van der Waals surface area contributed by atoms with Gasteiger partial charge in [-0.25, -0.2) is 13.1 Å². The highest BCUT2D eigenvalue weighted by molar-refractivity contribution is 7.89. The molecule has 0 aromatic carbocycles. The average Bonchev–Trinajstić information content (AvgIpc) is 2.52. The number of rotatable bonds is 6. The number of pyridine rings is 1. The van der Waals surface area contributed by atoms with Crippen LogP contribution in [-0.2, 0) is 10.0 Å². The summed E-state index contributed by atoms with van der Waals surface area (Å²) < 4.78 is 26.4. The highest BCUT2D eigenvalue weighted by atomic mass is 32.2. The Morgan fingerprint density at radius 1 is 1.39 bits per heavy atom. The monoisotopic (exact) mass is 339 g/mol. The van der Waals surface area contributed by atoms with E-state index in [1.807, 2.05) is 18.7 Å². The summed E-state index contributed by atoms with van der Waals surface area (Å²) in [5, 5.41) is 0. The molecule has 1 aliphatic rings. The Kier molecular flexibility index (Phi) is 6.12. The molecule has 0 radical (unpaired) electrons. The lowest BCUT2D eigenvalue weighted by Gasteiger charge is -2.32. The fraction of sp³-hybridized carbons (Fsp3) is 0.625. The molecule has 0 bridgehead atoms. The van der Waals surface area contributed by atoms with Crippen LogP contribution in [0.2, 0.25) is 0 Å². The van der Waals surface area contributed by atoms with Crippen molar-refractivity contribution in [3.05, 3.63) is 30.1 Å². The molecule has 7 heteroatoms. The molecule has 1 N–H and O–H groups in total. The predicted molar refractivity (Wildman–Crippen MR) is 89.5 cm³/mol. The quantitative estimate of drug-likeness (QED) is 0.852. The largest absolute Gasteiger partial charge is 0.339 e. The predicted octanol–water partition coefficient (Wildman–Crippen LogP) is 1.51. The minimum atomic E-state index is -3.19. The number of hydrogen-bond acceptors (Lipinski definition) is 4. The second-order valence-electron chi connectivity index (χ2n) is 6.50. The molecule has 0 aliphatic carbocycles. The van der Waals surface area contributed by atoms with Crippen molar-refractivity contribution < 1.29 is 13.2 Å². The number of carbonyl (C=O) groups excluding carboxylic acids is 1. The number of amides is 1. The van der Waals surface area contributed by atoms with E-state index in [0.717, 1.165) is 12.8 Å². The first-order chi connectivity index (χ1) is 10.9. The summed E-state index contributed by atoms with van der Waals surface area (Å²) in [4.78, 5) is 18.1. The van der Waals surface area contributed by atoms with Gasteiger partial charge in [0.2, 0.25) is 10.0 Å². The van der Waals surface area contributed by atoms with E-state index in [2.05, 4.69) is 9.71 Å². The second-order valence-corrected chi connectivity index (χ2v) is 8.35. The summed E-state index contributed by atoms with van der Waals surface area (Å²) in [5.74, 6) is 0.559. The van der Waals surface area contributed by atoms with E-state index in [4.69, 9.17) is 0 Å². The van der Waals surface area contributed by atoms with Crippen molar-refractivity contribution in [1.82, 2.24) is 14.6 Å². The van der Waals surface area contributed by atoms with Gasteiger partial charge in [0, 0.05) is 32.0 Å². The first-order valence-corrected chi connectivity index (χ1v) is 9.69. The molecule has 1 saturated heterocycles. The molecule has 0 atom stereocenters. The Morgan fingerprint density at radius 2 is 2.09 bits per heavy atom. The van der Waals surface area contributed by atoms with Crippen molar-refractivity contribution in [2.45, 2.75) is 26.7 Å². The van der Waals surface area contributed by atoms with Crippen LogP contribution in [-0.4, -0.2) is 49.6 Å². The second kappa shape index (κ2) is 7.88. The lowest BCUT2D eigenvalue weighted by Crippen LogP contribution is -2.42. The molecule has 0 saturated carbocycles. The van der Waals surface area contributed by atoms with Gasteiger partial charge in [-0.1, -0.05) is 13.8 Å². The Bertz CT molecular complexity index is 609. The molecule has 1 aromatic heterocycles. The molecule has 2 rings (SSSR count). The van der Waals surface area contributed by atoms with Crippen molar-refractivity contribution in [3.8, 4) is 0 Å². The third-order valence-corrected chi connectivity index (χ3v) is 5.67. The van der Waals surface area contributed by atoms with E-state index in [9.17, 15) is 13.2 Å². The number of likely N-dealkylation sites (tertiary alicyclic amines) is 1. The molecule has 23 heavy (non-hydrogen) atoms. The zero-order valence-electron chi connectivity index (χ0n) is 13.7. The highest BCUT2D eigenvalue weighted by Crippen LogP contribution is 2.18. The van der Waals surface area contributed by atoms with Gasteiger partial charge in [-0.2, -0.15) is 0 Å². The van der Waals surface area contributed by atoms with E-state index >= 15 is 0 Å². The first-order valence-electron chi connectivity index (χ1n) is 8.04. The van der Waals surface area contributed by atoms with Crippen LogP contribution in [0.25, 0.3) is 0 Å². The van der Waals surface area contributed by atoms with Gasteiger partial charge >= 0.3 is 0 Å². The number of sulfonamides is 1. The summed E-state index contributed by atoms with van der Waals surface area (Å²) in [6.45, 7) is 5.56. The molecular weight excluding hydrogens is 314 g/mol. The maximum atomic E-state index is 12.3. The van der Waals surface area contributed by atoms with Crippen LogP contribution in [0.4, 0.5) is 0 Å². The Hall–Kier alpha value is -1.47. The lowest BCUT2D eigenvalue weighted by atomic mass is 9.97. The Balaban J connectivity index is 1.79. The topological polar surface area (TPSA) is 79.4 Å². The molecule has 1 aromatic rings. The standard InChI is InChI=1S/C16H25N3O3S/c1-13(2)12-23(21,22)18-10-14-5-8-19(9-6-14)16(20)15-4-3-7-17-11-15/h3-4,7,11,13-14,18H,5-6,8-10,12H2,1-2H3. The molecule has 1 amide bonds. The first kappa shape index (κ1) is 17.9. The van der Waals surface area contributed by atoms with Crippen LogP contribution in [0.3, 0.4) is 0 Å². The summed E-state index contributed by atoms with van der Waals surface area (Å²) in [5.41, 5.74) is 0.601. The molecule has 2 heterocycles. The number of hydrogen-bond donors (Lipinski definition) is 1. The van der Waals surface area contributed by atoms with E-state index in [1.165, 1.54) is 0 Å². The van der Waals surface area contributed by atoms with Crippen LogP contribution in [0, 0.1) is 11.8 Å². The fourth-order valence-electron chi connectivity index (χ4n) is 2.75. The number of piperidine rings is 1. The van der Waals surface area contributed by atoms with Gasteiger partial charge in [-0.05, 0) is 36.8 Å². The van der Waals surface area contributed by atoms with Crippen molar-refractivity contribution >= 4 is 15.9 Å². The normalized spacial score (nSPS) is 16.7. The SMILES string of the molecule is CC(C)CS(=O)(=O)NCC1CCN(C(=O)c2cccnc2)CC1. The van der Waals surface area contributed by atoms with Crippen LogP contribution >= 0.6 is 0 Å². The van der Waals surface area contributed by atoms with Gasteiger partial charge in [0.25, 0.3) is 5.91 Å². The summed E-state index contributed by atoms with van der Waals surface area (Å²) in [6, 6.07) is 3.52. The van der Waals surface area contributed by atoms with Crippen LogP contribution in [0.5, 0.6) is 0 Å². The maximum absolute atomic E-state index is 12.3. The van der Waals surface area contributed by atoms with Crippen molar-refractivity contribution in [2.24, 2.45) is 11.8 Å². The lowest BCUT2D eigenvalue weighted by molar-refractivity contribution is 0.0691. The van der Waals surface area contributed by atoms with Crippen molar-refractivity contribution in [1.29, 1.82) is 0 Å². The van der Waals surface area contributed by atoms with Crippen molar-refractivity contribution in [3.63, 3.8) is 0 Å². The van der Waals surface area contributed by atoms with Gasteiger partial charge in [0.15, 0.2) is 0 Å². The average molecular weight is 339 g/mol. The molecule has 1 fully saturated rings. The zero-order valence-corrected chi connectivity index (χ0v) is 14.6. The number of nitrogens with zero attached hydrogens (tertiary/aromatic N) is 2. The van der Waals surface area contributed by atoms with Gasteiger partial charge in [-0.3, -0.25) is 9.78 Å². The molecule has 0 unspecified atom stereocenters. The molecule has 0 spiro atoms. The maximum Gasteiger partial charge on any atom is 0.255 e. The minimum Gasteiger partial charge on any atom is -0.339 e. The molecule has 6 nitrogen and oxygen atoms in total. The van der Waals surface area contributed by atoms with E-state index in [1.54, 1.807) is 24.5 Å². The van der Waals surface area contributed by atoms with Gasteiger partial charge in [0.1, 0.15) is 0 Å². The fourth-order valence-corrected chi connectivity index (χ4v) is 4.24. The summed E-state index contributed by atoms with van der Waals surface area (Å²) in [6.07, 6.45) is 4.85. The van der Waals surface area contributed by atoms with Gasteiger partial charge in [-0.15, -0.1) is 0 Å². The number of carbonyl (C=O) groups is 1. The van der Waals surface area contributed by atoms with Crippen LogP contribution < -0.4 is 4.72 Å². The van der Waals surface area contributed by atoms with Crippen LogP contribution in [0.1, 0.15) is 37.0 Å². The Labute approximate surface area is 138 Å².